The Kier molecular flexibility index (Phi) is 5.82. The van der Waals surface area contributed by atoms with Crippen molar-refractivity contribution in [2.45, 2.75) is 69.6 Å². The van der Waals surface area contributed by atoms with Crippen LogP contribution in [0.4, 0.5) is 0 Å². The van der Waals surface area contributed by atoms with Crippen LogP contribution in [0, 0.1) is 0 Å². The third-order valence-corrected chi connectivity index (χ3v) is 4.27. The molecule has 1 N–H and O–H groups in total. The van der Waals surface area contributed by atoms with Gasteiger partial charge in [0.1, 0.15) is 0 Å². The molecule has 0 radical (unpaired) electrons. The maximum absolute atomic E-state index is 11.9. The number of tetrazole rings is 1. The SMILES string of the molecule is CCCCCC(C)NC(=O)CSc1nnnn1C1CC1. The lowest BCUT2D eigenvalue weighted by Crippen LogP contribution is -2.33. The fraction of sp³-hybridized carbons (Fsp3) is 0.846. The minimum atomic E-state index is 0.0596. The summed E-state index contributed by atoms with van der Waals surface area (Å²) in [6.45, 7) is 4.25. The molecular weight excluding hydrogens is 274 g/mol. The number of hydrogen-bond acceptors (Lipinski definition) is 5. The molecule has 0 bridgehead atoms. The van der Waals surface area contributed by atoms with Crippen molar-refractivity contribution < 1.29 is 4.79 Å². The van der Waals surface area contributed by atoms with E-state index in [9.17, 15) is 4.79 Å². The van der Waals surface area contributed by atoms with Gasteiger partial charge in [0.2, 0.25) is 11.1 Å². The molecular formula is C13H23N5OS. The van der Waals surface area contributed by atoms with Crippen molar-refractivity contribution in [1.82, 2.24) is 25.5 Å². The van der Waals surface area contributed by atoms with Crippen molar-refractivity contribution in [3.8, 4) is 0 Å². The smallest absolute Gasteiger partial charge is 0.230 e. The number of amides is 1. The van der Waals surface area contributed by atoms with Crippen LogP contribution in [-0.2, 0) is 4.79 Å². The minimum Gasteiger partial charge on any atom is -0.353 e. The van der Waals surface area contributed by atoms with Crippen LogP contribution in [0.5, 0.6) is 0 Å². The third-order valence-electron chi connectivity index (χ3n) is 3.34. The quantitative estimate of drug-likeness (QED) is 0.559. The second kappa shape index (κ2) is 7.61. The molecule has 1 atom stereocenters. The van der Waals surface area contributed by atoms with Crippen molar-refractivity contribution in [3.05, 3.63) is 0 Å². The summed E-state index contributed by atoms with van der Waals surface area (Å²) in [5.74, 6) is 0.440. The molecule has 1 aliphatic rings. The van der Waals surface area contributed by atoms with Gasteiger partial charge >= 0.3 is 0 Å². The van der Waals surface area contributed by atoms with E-state index in [1.54, 1.807) is 0 Å². The van der Waals surface area contributed by atoms with Crippen molar-refractivity contribution in [1.29, 1.82) is 0 Å². The maximum atomic E-state index is 11.9. The van der Waals surface area contributed by atoms with E-state index in [1.807, 2.05) is 4.68 Å². The molecule has 7 heteroatoms. The molecule has 20 heavy (non-hydrogen) atoms. The van der Waals surface area contributed by atoms with E-state index in [2.05, 4.69) is 34.7 Å². The van der Waals surface area contributed by atoms with Crippen LogP contribution >= 0.6 is 11.8 Å². The van der Waals surface area contributed by atoms with Gasteiger partial charge in [-0.2, -0.15) is 0 Å². The number of hydrogen-bond donors (Lipinski definition) is 1. The average Bonchev–Trinajstić information content (AvgIpc) is 3.15. The van der Waals surface area contributed by atoms with Crippen molar-refractivity contribution in [3.63, 3.8) is 0 Å². The molecule has 0 spiro atoms. The fourth-order valence-corrected chi connectivity index (χ4v) is 2.80. The molecule has 0 saturated heterocycles. The standard InChI is InChI=1S/C13H23N5OS/c1-3-4-5-6-10(2)14-12(19)9-20-13-15-16-17-18(13)11-7-8-11/h10-11H,3-9H2,1-2H3,(H,14,19). The number of carbonyl (C=O) groups is 1. The summed E-state index contributed by atoms with van der Waals surface area (Å²) in [4.78, 5) is 11.9. The zero-order chi connectivity index (χ0) is 14.4. The van der Waals surface area contributed by atoms with Gasteiger partial charge in [-0.05, 0) is 36.6 Å². The van der Waals surface area contributed by atoms with E-state index in [-0.39, 0.29) is 11.9 Å². The zero-order valence-electron chi connectivity index (χ0n) is 12.2. The predicted molar refractivity (Wildman–Crippen MR) is 78.6 cm³/mol. The number of nitrogens with zero attached hydrogens (tertiary/aromatic N) is 4. The Morgan fingerprint density at radius 2 is 2.30 bits per heavy atom. The minimum absolute atomic E-state index is 0.0596. The van der Waals surface area contributed by atoms with Gasteiger partial charge in [-0.15, -0.1) is 5.10 Å². The molecule has 1 aliphatic carbocycles. The largest absolute Gasteiger partial charge is 0.353 e. The molecule has 1 fully saturated rings. The molecule has 1 aromatic rings. The van der Waals surface area contributed by atoms with Crippen molar-refractivity contribution in [2.24, 2.45) is 0 Å². The number of thioether (sulfide) groups is 1. The second-order valence-corrected chi connectivity index (χ2v) is 6.33. The van der Waals surface area contributed by atoms with E-state index in [1.165, 1.54) is 31.0 Å². The van der Waals surface area contributed by atoms with Gasteiger partial charge in [0.15, 0.2) is 0 Å². The summed E-state index contributed by atoms with van der Waals surface area (Å²) in [6, 6.07) is 0.692. The number of unbranched alkanes of at least 4 members (excludes halogenated alkanes) is 2. The van der Waals surface area contributed by atoms with Crippen LogP contribution in [0.3, 0.4) is 0 Å². The molecule has 6 nitrogen and oxygen atoms in total. The van der Waals surface area contributed by atoms with Crippen LogP contribution in [0.1, 0.15) is 58.4 Å². The van der Waals surface area contributed by atoms with Crippen LogP contribution in [-0.4, -0.2) is 37.9 Å². The highest BCUT2D eigenvalue weighted by atomic mass is 32.2. The van der Waals surface area contributed by atoms with Crippen LogP contribution < -0.4 is 5.32 Å². The number of nitrogens with one attached hydrogen (secondary N) is 1. The molecule has 1 unspecified atom stereocenters. The molecule has 2 rings (SSSR count). The Morgan fingerprint density at radius 3 is 3.00 bits per heavy atom. The van der Waals surface area contributed by atoms with Crippen molar-refractivity contribution >= 4 is 17.7 Å². The molecule has 1 amide bonds. The molecule has 0 aliphatic heterocycles. The van der Waals surface area contributed by atoms with E-state index >= 15 is 0 Å². The monoisotopic (exact) mass is 297 g/mol. The van der Waals surface area contributed by atoms with Gasteiger partial charge in [0.05, 0.1) is 11.8 Å². The molecule has 112 valence electrons. The summed E-state index contributed by atoms with van der Waals surface area (Å²) in [5.41, 5.74) is 0. The number of carbonyl (C=O) groups excluding carboxylic acids is 1. The first-order valence-corrected chi connectivity index (χ1v) is 8.39. The lowest BCUT2D eigenvalue weighted by molar-refractivity contribution is -0.119. The Morgan fingerprint density at radius 1 is 1.50 bits per heavy atom. The van der Waals surface area contributed by atoms with Crippen molar-refractivity contribution in [2.75, 3.05) is 5.75 Å². The van der Waals surface area contributed by atoms with E-state index in [0.29, 0.717) is 11.8 Å². The Labute approximate surface area is 124 Å². The molecule has 1 aromatic heterocycles. The molecule has 1 heterocycles. The first-order chi connectivity index (χ1) is 9.70. The van der Waals surface area contributed by atoms with E-state index in [4.69, 9.17) is 0 Å². The van der Waals surface area contributed by atoms with E-state index in [0.717, 1.165) is 24.4 Å². The number of rotatable bonds is 9. The summed E-state index contributed by atoms with van der Waals surface area (Å²) in [5, 5.41) is 15.4. The highest BCUT2D eigenvalue weighted by molar-refractivity contribution is 7.99. The lowest BCUT2D eigenvalue weighted by Gasteiger charge is -2.13. The normalized spacial score (nSPS) is 16.1. The lowest BCUT2D eigenvalue weighted by atomic mass is 10.1. The molecule has 0 aromatic carbocycles. The summed E-state index contributed by atoms with van der Waals surface area (Å²) in [7, 11) is 0. The number of aromatic nitrogens is 4. The zero-order valence-corrected chi connectivity index (χ0v) is 13.0. The van der Waals surface area contributed by atoms with Gasteiger partial charge in [-0.25, -0.2) is 4.68 Å². The Hall–Kier alpha value is -1.11. The molecule has 1 saturated carbocycles. The van der Waals surface area contributed by atoms with Gasteiger partial charge in [0, 0.05) is 6.04 Å². The topological polar surface area (TPSA) is 72.7 Å². The first kappa shape index (κ1) is 15.3. The Bertz CT molecular complexity index is 432. The van der Waals surface area contributed by atoms with Gasteiger partial charge in [0.25, 0.3) is 0 Å². The third kappa shape index (κ3) is 4.77. The van der Waals surface area contributed by atoms with Gasteiger partial charge in [-0.3, -0.25) is 4.79 Å². The predicted octanol–water partition coefficient (Wildman–Crippen LogP) is 2.19. The second-order valence-electron chi connectivity index (χ2n) is 5.39. The van der Waals surface area contributed by atoms with Crippen LogP contribution in [0.15, 0.2) is 5.16 Å². The van der Waals surface area contributed by atoms with Crippen LogP contribution in [0.25, 0.3) is 0 Å². The highest BCUT2D eigenvalue weighted by Gasteiger charge is 2.28. The summed E-state index contributed by atoms with van der Waals surface area (Å²) >= 11 is 1.42. The summed E-state index contributed by atoms with van der Waals surface area (Å²) < 4.78 is 1.84. The maximum Gasteiger partial charge on any atom is 0.230 e. The average molecular weight is 297 g/mol. The van der Waals surface area contributed by atoms with Gasteiger partial charge in [-0.1, -0.05) is 37.9 Å². The fourth-order valence-electron chi connectivity index (χ4n) is 2.05. The highest BCUT2D eigenvalue weighted by Crippen LogP contribution is 2.36. The van der Waals surface area contributed by atoms with E-state index < -0.39 is 0 Å². The van der Waals surface area contributed by atoms with Crippen LogP contribution in [0.2, 0.25) is 0 Å². The van der Waals surface area contributed by atoms with Gasteiger partial charge < -0.3 is 5.32 Å². The Balaban J connectivity index is 1.67. The first-order valence-electron chi connectivity index (χ1n) is 7.40. The summed E-state index contributed by atoms with van der Waals surface area (Å²) in [6.07, 6.45) is 6.93.